The molecule has 1 aliphatic rings. The Hall–Kier alpha value is -1.95. The topological polar surface area (TPSA) is 60.2 Å². The molecular formula is C15H18FN3O2. The molecule has 0 radical (unpaired) electrons. The maximum Gasteiger partial charge on any atom is 0.229 e. The van der Waals surface area contributed by atoms with Gasteiger partial charge >= 0.3 is 0 Å². The first kappa shape index (κ1) is 14.0. The molecule has 1 fully saturated rings. The second-order valence-electron chi connectivity index (χ2n) is 5.30. The smallest absolute Gasteiger partial charge is 0.229 e. The van der Waals surface area contributed by atoms with Crippen LogP contribution < -0.4 is 10.1 Å². The molecule has 112 valence electrons. The Labute approximate surface area is 122 Å². The van der Waals surface area contributed by atoms with E-state index in [0.717, 1.165) is 18.4 Å². The average Bonchev–Trinajstić information content (AvgIpc) is 3.24. The van der Waals surface area contributed by atoms with E-state index in [1.54, 1.807) is 6.07 Å². The van der Waals surface area contributed by atoms with E-state index in [4.69, 9.17) is 9.26 Å². The van der Waals surface area contributed by atoms with E-state index >= 15 is 0 Å². The van der Waals surface area contributed by atoms with Gasteiger partial charge in [0.2, 0.25) is 11.7 Å². The molecule has 0 spiro atoms. The molecule has 1 aromatic carbocycles. The number of benzene rings is 1. The Morgan fingerprint density at radius 2 is 2.29 bits per heavy atom. The summed E-state index contributed by atoms with van der Waals surface area (Å²) in [6, 6.07) is 4.47. The van der Waals surface area contributed by atoms with Crippen molar-refractivity contribution in [1.29, 1.82) is 0 Å². The van der Waals surface area contributed by atoms with Crippen molar-refractivity contribution < 1.29 is 13.7 Å². The minimum absolute atomic E-state index is 0.0111. The van der Waals surface area contributed by atoms with Gasteiger partial charge in [0.15, 0.2) is 6.61 Å². The quantitative estimate of drug-likeness (QED) is 0.886. The highest BCUT2D eigenvalue weighted by molar-refractivity contribution is 5.36. The molecule has 1 aromatic heterocycles. The zero-order chi connectivity index (χ0) is 14.8. The molecule has 0 amide bonds. The Bertz CT molecular complexity index is 625. The van der Waals surface area contributed by atoms with Crippen molar-refractivity contribution in [3.8, 4) is 5.75 Å². The monoisotopic (exact) mass is 291 g/mol. The highest BCUT2D eigenvalue weighted by Gasteiger charge is 2.29. The highest BCUT2D eigenvalue weighted by atomic mass is 19.1. The van der Waals surface area contributed by atoms with Gasteiger partial charge in [-0.1, -0.05) is 5.16 Å². The molecule has 6 heteroatoms. The Morgan fingerprint density at radius 3 is 3.00 bits per heavy atom. The normalized spacial score (nSPS) is 16.0. The lowest BCUT2D eigenvalue weighted by molar-refractivity contribution is 0.280. The fraction of sp³-hybridized carbons (Fsp3) is 0.467. The molecule has 1 N–H and O–H groups in total. The van der Waals surface area contributed by atoms with Gasteiger partial charge in [-0.15, -0.1) is 0 Å². The van der Waals surface area contributed by atoms with Crippen LogP contribution in [0.4, 0.5) is 4.39 Å². The van der Waals surface area contributed by atoms with E-state index in [2.05, 4.69) is 15.5 Å². The number of ether oxygens (including phenoxy) is 1. The first-order valence-electron chi connectivity index (χ1n) is 7.09. The number of hydrogen-bond acceptors (Lipinski definition) is 5. The summed E-state index contributed by atoms with van der Waals surface area (Å²) in [5, 5.41) is 6.98. The van der Waals surface area contributed by atoms with E-state index in [1.165, 1.54) is 12.1 Å². The average molecular weight is 291 g/mol. The summed E-state index contributed by atoms with van der Waals surface area (Å²) in [5.41, 5.74) is 0.767. The van der Waals surface area contributed by atoms with Gasteiger partial charge in [0, 0.05) is 17.5 Å². The van der Waals surface area contributed by atoms with Crippen LogP contribution in [0.1, 0.15) is 49.0 Å². The highest BCUT2D eigenvalue weighted by Crippen LogP contribution is 2.38. The van der Waals surface area contributed by atoms with Crippen LogP contribution in [0.5, 0.6) is 5.75 Å². The van der Waals surface area contributed by atoms with Gasteiger partial charge in [0.05, 0.1) is 0 Å². The zero-order valence-electron chi connectivity index (χ0n) is 12.1. The molecule has 1 heterocycles. The van der Waals surface area contributed by atoms with Crippen molar-refractivity contribution in [2.24, 2.45) is 0 Å². The third-order valence-electron chi connectivity index (χ3n) is 3.64. The minimum Gasteiger partial charge on any atom is -0.485 e. The maximum absolute atomic E-state index is 13.4. The lowest BCUT2D eigenvalue weighted by Gasteiger charge is -2.15. The number of aromatic nitrogens is 2. The van der Waals surface area contributed by atoms with Crippen LogP contribution in [0.15, 0.2) is 22.7 Å². The van der Waals surface area contributed by atoms with Crippen LogP contribution in [0.3, 0.4) is 0 Å². The van der Waals surface area contributed by atoms with Gasteiger partial charge in [-0.05, 0) is 45.0 Å². The van der Waals surface area contributed by atoms with Gasteiger partial charge in [-0.3, -0.25) is 0 Å². The van der Waals surface area contributed by atoms with E-state index in [0.29, 0.717) is 23.4 Å². The summed E-state index contributed by atoms with van der Waals surface area (Å²) in [4.78, 5) is 4.31. The molecule has 2 aromatic rings. The molecule has 0 bridgehead atoms. The summed E-state index contributed by atoms with van der Waals surface area (Å²) in [5.74, 6) is 1.98. The first-order valence-corrected chi connectivity index (χ1v) is 7.09. The zero-order valence-corrected chi connectivity index (χ0v) is 12.1. The lowest BCUT2D eigenvalue weighted by atomic mass is 10.1. The molecule has 1 unspecified atom stereocenters. The molecule has 0 saturated heterocycles. The van der Waals surface area contributed by atoms with E-state index in [9.17, 15) is 4.39 Å². The molecular weight excluding hydrogens is 273 g/mol. The Morgan fingerprint density at radius 1 is 1.48 bits per heavy atom. The molecule has 1 saturated carbocycles. The number of nitrogens with one attached hydrogen (secondary N) is 1. The maximum atomic E-state index is 13.4. The number of hydrogen-bond donors (Lipinski definition) is 1. The predicted molar refractivity (Wildman–Crippen MR) is 74.5 cm³/mol. The van der Waals surface area contributed by atoms with Crippen molar-refractivity contribution in [2.45, 2.75) is 38.3 Å². The van der Waals surface area contributed by atoms with Crippen LogP contribution in [0, 0.1) is 5.82 Å². The third kappa shape index (κ3) is 3.21. The second-order valence-corrected chi connectivity index (χ2v) is 5.30. The van der Waals surface area contributed by atoms with E-state index in [-0.39, 0.29) is 18.5 Å². The SMILES string of the molecule is CNC(C)c1cc(F)ccc1OCc1noc(C2CC2)n1. The fourth-order valence-electron chi connectivity index (χ4n) is 2.11. The minimum atomic E-state index is -0.282. The molecule has 1 aliphatic carbocycles. The van der Waals surface area contributed by atoms with Gasteiger partial charge in [-0.2, -0.15) is 4.98 Å². The van der Waals surface area contributed by atoms with Crippen molar-refractivity contribution in [1.82, 2.24) is 15.5 Å². The van der Waals surface area contributed by atoms with Crippen molar-refractivity contribution >= 4 is 0 Å². The summed E-state index contributed by atoms with van der Waals surface area (Å²) in [6.45, 7) is 2.16. The van der Waals surface area contributed by atoms with E-state index in [1.807, 2.05) is 14.0 Å². The van der Waals surface area contributed by atoms with Gasteiger partial charge in [0.1, 0.15) is 11.6 Å². The van der Waals surface area contributed by atoms with Gasteiger partial charge in [0.25, 0.3) is 0 Å². The van der Waals surface area contributed by atoms with Crippen LogP contribution >= 0.6 is 0 Å². The Kier molecular flexibility index (Phi) is 3.88. The number of nitrogens with zero attached hydrogens (tertiary/aromatic N) is 2. The van der Waals surface area contributed by atoms with Crippen LogP contribution in [-0.2, 0) is 6.61 Å². The molecule has 1 atom stereocenters. The van der Waals surface area contributed by atoms with Crippen molar-refractivity contribution in [3.05, 3.63) is 41.3 Å². The third-order valence-corrected chi connectivity index (χ3v) is 3.64. The van der Waals surface area contributed by atoms with Crippen LogP contribution in [0.2, 0.25) is 0 Å². The summed E-state index contributed by atoms with van der Waals surface area (Å²) < 4.78 is 24.3. The largest absolute Gasteiger partial charge is 0.485 e. The number of halogens is 1. The van der Waals surface area contributed by atoms with Gasteiger partial charge < -0.3 is 14.6 Å². The molecule has 3 rings (SSSR count). The predicted octanol–water partition coefficient (Wildman–Crippen LogP) is 2.95. The number of rotatable bonds is 6. The van der Waals surface area contributed by atoms with Crippen LogP contribution in [-0.4, -0.2) is 17.2 Å². The van der Waals surface area contributed by atoms with Crippen molar-refractivity contribution in [3.63, 3.8) is 0 Å². The molecule has 5 nitrogen and oxygen atoms in total. The molecule has 0 aliphatic heterocycles. The van der Waals surface area contributed by atoms with E-state index < -0.39 is 0 Å². The standard InChI is InChI=1S/C15H18FN3O2/c1-9(17-2)12-7-11(16)5-6-13(12)20-8-14-18-15(21-19-14)10-3-4-10/h5-7,9-10,17H,3-4,8H2,1-2H3. The summed E-state index contributed by atoms with van der Waals surface area (Å²) >= 11 is 0. The van der Waals surface area contributed by atoms with Gasteiger partial charge in [-0.25, -0.2) is 4.39 Å². The fourth-order valence-corrected chi connectivity index (χ4v) is 2.11. The lowest BCUT2D eigenvalue weighted by Crippen LogP contribution is -2.14. The van der Waals surface area contributed by atoms with Crippen LogP contribution in [0.25, 0.3) is 0 Å². The first-order chi connectivity index (χ1) is 10.2. The second kappa shape index (κ2) is 5.81. The summed E-state index contributed by atoms with van der Waals surface area (Å²) in [6.07, 6.45) is 2.23. The van der Waals surface area contributed by atoms with Crippen molar-refractivity contribution in [2.75, 3.05) is 7.05 Å². The Balaban J connectivity index is 1.71. The molecule has 21 heavy (non-hydrogen) atoms. The summed E-state index contributed by atoms with van der Waals surface area (Å²) in [7, 11) is 1.82.